The van der Waals surface area contributed by atoms with Crippen molar-refractivity contribution >= 4 is 45.6 Å². The van der Waals surface area contributed by atoms with Gasteiger partial charge in [0, 0.05) is 39.9 Å². The molecule has 21 heavy (non-hydrogen) atoms. The summed E-state index contributed by atoms with van der Waals surface area (Å²) in [6.07, 6.45) is 1.16. The van der Waals surface area contributed by atoms with E-state index < -0.39 is 5.97 Å². The molecule has 0 saturated heterocycles. The lowest BCUT2D eigenvalue weighted by Crippen LogP contribution is -2.25. The minimum absolute atomic E-state index is 0.214. The Morgan fingerprint density at radius 3 is 2.86 bits per heavy atom. The first kappa shape index (κ1) is 13.8. The topological polar surface area (TPSA) is 85.9 Å². The van der Waals surface area contributed by atoms with Crippen LogP contribution in [0.5, 0.6) is 0 Å². The highest BCUT2D eigenvalue weighted by Crippen LogP contribution is 2.28. The first-order valence-corrected chi connectivity index (χ1v) is 7.26. The van der Waals surface area contributed by atoms with Crippen molar-refractivity contribution in [3.63, 3.8) is 0 Å². The third kappa shape index (κ3) is 2.55. The van der Waals surface area contributed by atoms with Crippen molar-refractivity contribution in [1.82, 2.24) is 9.97 Å². The lowest BCUT2D eigenvalue weighted by atomic mass is 10.1. The molecule has 3 aromatic rings. The molecule has 0 aliphatic heterocycles. The van der Waals surface area contributed by atoms with E-state index in [9.17, 15) is 14.7 Å². The molecule has 0 saturated carbocycles. The summed E-state index contributed by atoms with van der Waals surface area (Å²) in [5, 5.41) is 14.0. The summed E-state index contributed by atoms with van der Waals surface area (Å²) in [6.45, 7) is 0. The van der Waals surface area contributed by atoms with Crippen LogP contribution in [-0.4, -0.2) is 21.7 Å². The number of thiazole rings is 1. The number of carboxylic acid groups (broad SMARTS) is 1. The summed E-state index contributed by atoms with van der Waals surface area (Å²) in [7, 11) is 0. The van der Waals surface area contributed by atoms with E-state index in [-0.39, 0.29) is 17.9 Å². The molecular weight excluding hydrogens is 312 g/mol. The highest BCUT2D eigenvalue weighted by molar-refractivity contribution is 7.11. The molecule has 0 amide bonds. The summed E-state index contributed by atoms with van der Waals surface area (Å²) >= 11 is 7.14. The van der Waals surface area contributed by atoms with E-state index in [1.165, 1.54) is 17.5 Å². The smallest absolute Gasteiger partial charge is 0.237 e. The van der Waals surface area contributed by atoms with E-state index >= 15 is 0 Å². The Kier molecular flexibility index (Phi) is 3.48. The van der Waals surface area contributed by atoms with Crippen LogP contribution in [0.3, 0.4) is 0 Å². The van der Waals surface area contributed by atoms with Crippen LogP contribution in [0.2, 0.25) is 5.02 Å². The maximum absolute atomic E-state index is 12.4. The van der Waals surface area contributed by atoms with Crippen molar-refractivity contribution in [2.75, 3.05) is 0 Å². The summed E-state index contributed by atoms with van der Waals surface area (Å²) in [6, 6.07) is 5.00. The van der Waals surface area contributed by atoms with E-state index in [0.29, 0.717) is 26.5 Å². The van der Waals surface area contributed by atoms with Gasteiger partial charge in [0.15, 0.2) is 5.01 Å². The normalized spacial score (nSPS) is 10.9. The zero-order valence-electron chi connectivity index (χ0n) is 10.6. The second-order valence-corrected chi connectivity index (χ2v) is 5.71. The number of hydrogen-bond acceptors (Lipinski definition) is 5. The maximum Gasteiger partial charge on any atom is 0.237 e. The molecule has 0 aliphatic rings. The SMILES string of the molecule is O=C([O-])Cc1c(C(=O)c2nccs2)[nH]c2ccc(Cl)cc12. The Morgan fingerprint density at radius 1 is 1.38 bits per heavy atom. The number of carbonyl (C=O) groups excluding carboxylic acids is 2. The van der Waals surface area contributed by atoms with E-state index in [0.717, 1.165) is 0 Å². The number of carboxylic acids is 1. The van der Waals surface area contributed by atoms with Crippen LogP contribution >= 0.6 is 22.9 Å². The first-order valence-electron chi connectivity index (χ1n) is 6.00. The van der Waals surface area contributed by atoms with Crippen LogP contribution < -0.4 is 5.11 Å². The molecule has 2 heterocycles. The minimum atomic E-state index is -1.26. The van der Waals surface area contributed by atoms with Gasteiger partial charge in [-0.3, -0.25) is 4.79 Å². The second kappa shape index (κ2) is 5.31. The molecule has 1 aromatic carbocycles. The number of aliphatic carboxylic acids is 1. The van der Waals surface area contributed by atoms with Gasteiger partial charge >= 0.3 is 0 Å². The number of fused-ring (bicyclic) bond motifs is 1. The van der Waals surface area contributed by atoms with Gasteiger partial charge in [-0.05, 0) is 23.8 Å². The number of carbonyl (C=O) groups is 2. The lowest BCUT2D eigenvalue weighted by molar-refractivity contribution is -0.304. The molecule has 0 bridgehead atoms. The summed E-state index contributed by atoms with van der Waals surface area (Å²) in [5.41, 5.74) is 1.23. The highest BCUT2D eigenvalue weighted by Gasteiger charge is 2.21. The van der Waals surface area contributed by atoms with Crippen molar-refractivity contribution < 1.29 is 14.7 Å². The van der Waals surface area contributed by atoms with E-state index in [2.05, 4.69) is 9.97 Å². The Hall–Kier alpha value is -2.18. The number of rotatable bonds is 4. The van der Waals surface area contributed by atoms with Gasteiger partial charge in [-0.25, -0.2) is 4.98 Å². The van der Waals surface area contributed by atoms with Crippen molar-refractivity contribution in [2.24, 2.45) is 0 Å². The predicted octanol–water partition coefficient (Wildman–Crippen LogP) is 1.80. The Labute approximate surface area is 128 Å². The van der Waals surface area contributed by atoms with Gasteiger partial charge < -0.3 is 14.9 Å². The number of halogens is 1. The van der Waals surface area contributed by atoms with E-state index in [1.807, 2.05) is 0 Å². The number of nitrogens with zero attached hydrogens (tertiary/aromatic N) is 1. The number of aromatic amines is 1. The van der Waals surface area contributed by atoms with Gasteiger partial charge in [-0.1, -0.05) is 11.6 Å². The monoisotopic (exact) mass is 319 g/mol. The number of H-pyrrole nitrogens is 1. The van der Waals surface area contributed by atoms with Crippen LogP contribution in [0.25, 0.3) is 10.9 Å². The Bertz CT molecular complexity index is 839. The third-order valence-corrected chi connectivity index (χ3v) is 4.05. The largest absolute Gasteiger partial charge is 0.550 e. The molecule has 0 atom stereocenters. The second-order valence-electron chi connectivity index (χ2n) is 4.38. The molecular formula is C14H8ClN2O3S-. The van der Waals surface area contributed by atoms with Crippen LogP contribution in [-0.2, 0) is 11.2 Å². The molecule has 5 nitrogen and oxygen atoms in total. The molecule has 3 rings (SSSR count). The van der Waals surface area contributed by atoms with Crippen molar-refractivity contribution in [1.29, 1.82) is 0 Å². The van der Waals surface area contributed by atoms with Gasteiger partial charge in [0.05, 0.1) is 5.69 Å². The van der Waals surface area contributed by atoms with Crippen LogP contribution in [0.15, 0.2) is 29.8 Å². The fraction of sp³-hybridized carbons (Fsp3) is 0.0714. The van der Waals surface area contributed by atoms with Crippen molar-refractivity contribution in [2.45, 2.75) is 6.42 Å². The van der Waals surface area contributed by atoms with E-state index in [1.54, 1.807) is 23.6 Å². The third-order valence-electron chi connectivity index (χ3n) is 3.04. The van der Waals surface area contributed by atoms with E-state index in [4.69, 9.17) is 11.6 Å². The van der Waals surface area contributed by atoms with Gasteiger partial charge in [-0.2, -0.15) is 0 Å². The average molecular weight is 320 g/mol. The Balaban J connectivity index is 2.21. The molecule has 0 unspecified atom stereocenters. The van der Waals surface area contributed by atoms with Crippen molar-refractivity contribution in [3.8, 4) is 0 Å². The van der Waals surface area contributed by atoms with Crippen LogP contribution in [0.4, 0.5) is 0 Å². The molecule has 106 valence electrons. The van der Waals surface area contributed by atoms with Gasteiger partial charge in [0.1, 0.15) is 0 Å². The molecule has 0 fully saturated rings. The zero-order chi connectivity index (χ0) is 15.0. The maximum atomic E-state index is 12.4. The average Bonchev–Trinajstić information content (AvgIpc) is 3.06. The molecule has 2 aromatic heterocycles. The molecule has 7 heteroatoms. The van der Waals surface area contributed by atoms with Crippen molar-refractivity contribution in [3.05, 3.63) is 51.1 Å². The lowest BCUT2D eigenvalue weighted by Gasteiger charge is -2.04. The number of benzene rings is 1. The van der Waals surface area contributed by atoms with Crippen LogP contribution in [0, 0.1) is 0 Å². The summed E-state index contributed by atoms with van der Waals surface area (Å²) in [4.78, 5) is 30.3. The molecule has 0 spiro atoms. The first-order chi connectivity index (χ1) is 10.1. The summed E-state index contributed by atoms with van der Waals surface area (Å²) in [5.74, 6) is -1.60. The van der Waals surface area contributed by atoms with Crippen LogP contribution in [0.1, 0.15) is 21.1 Å². The molecule has 1 N–H and O–H groups in total. The van der Waals surface area contributed by atoms with Gasteiger partial charge in [0.2, 0.25) is 5.78 Å². The fourth-order valence-electron chi connectivity index (χ4n) is 2.18. The van der Waals surface area contributed by atoms with Gasteiger partial charge in [0.25, 0.3) is 0 Å². The minimum Gasteiger partial charge on any atom is -0.550 e. The highest BCUT2D eigenvalue weighted by atomic mass is 35.5. The molecule has 0 aliphatic carbocycles. The fourth-order valence-corrected chi connectivity index (χ4v) is 2.94. The zero-order valence-corrected chi connectivity index (χ0v) is 12.1. The quantitative estimate of drug-likeness (QED) is 0.743. The Morgan fingerprint density at radius 2 is 2.19 bits per heavy atom. The summed E-state index contributed by atoms with van der Waals surface area (Å²) < 4.78 is 0. The number of ketones is 1. The number of hydrogen-bond donors (Lipinski definition) is 1. The number of nitrogens with one attached hydrogen (secondary N) is 1. The molecule has 0 radical (unpaired) electrons. The van der Waals surface area contributed by atoms with Gasteiger partial charge in [-0.15, -0.1) is 11.3 Å². The number of aromatic nitrogens is 2. The standard InChI is InChI=1S/C14H9ClN2O3S/c15-7-1-2-10-8(5-7)9(6-11(18)19)12(17-10)13(20)14-16-3-4-21-14/h1-5,17H,6H2,(H,18,19)/p-1. The predicted molar refractivity (Wildman–Crippen MR) is 77.6 cm³/mol.